The van der Waals surface area contributed by atoms with Gasteiger partial charge in [-0.05, 0) is 32.9 Å². The van der Waals surface area contributed by atoms with E-state index in [0.29, 0.717) is 0 Å². The van der Waals surface area contributed by atoms with Crippen LogP contribution in [0.15, 0.2) is 29.2 Å². The fourth-order valence-electron chi connectivity index (χ4n) is 1.34. The highest BCUT2D eigenvalue weighted by atomic mass is 32.2. The van der Waals surface area contributed by atoms with Crippen LogP contribution in [-0.4, -0.2) is 25.0 Å². The number of carbonyl (C=O) groups is 1. The van der Waals surface area contributed by atoms with Gasteiger partial charge in [0.05, 0.1) is 10.5 Å². The first-order valence-corrected chi connectivity index (χ1v) is 6.48. The van der Waals surface area contributed by atoms with Crippen molar-refractivity contribution in [3.05, 3.63) is 29.8 Å². The molecule has 0 spiro atoms. The third kappa shape index (κ3) is 3.54. The molecule has 5 nitrogen and oxygen atoms in total. The molecular formula is C11H15NO4S. The number of hydrogen-bond acceptors (Lipinski definition) is 3. The summed E-state index contributed by atoms with van der Waals surface area (Å²) in [4.78, 5) is 10.7. The quantitative estimate of drug-likeness (QED) is 0.858. The minimum absolute atomic E-state index is 0.220. The van der Waals surface area contributed by atoms with Crippen molar-refractivity contribution in [2.75, 3.05) is 0 Å². The monoisotopic (exact) mass is 257 g/mol. The summed E-state index contributed by atoms with van der Waals surface area (Å²) in [5, 5.41) is 8.94. The number of carboxylic acids is 1. The van der Waals surface area contributed by atoms with Crippen LogP contribution in [0.1, 0.15) is 31.1 Å². The molecule has 0 aliphatic rings. The number of carboxylic acid groups (broad SMARTS) is 1. The predicted molar refractivity (Wildman–Crippen MR) is 63.5 cm³/mol. The van der Waals surface area contributed by atoms with E-state index in [1.165, 1.54) is 24.3 Å². The molecule has 1 aromatic carbocycles. The largest absolute Gasteiger partial charge is 0.478 e. The van der Waals surface area contributed by atoms with E-state index in [1.54, 1.807) is 20.8 Å². The van der Waals surface area contributed by atoms with E-state index in [2.05, 4.69) is 4.72 Å². The lowest BCUT2D eigenvalue weighted by atomic mass is 10.1. The third-order valence-electron chi connectivity index (χ3n) is 1.85. The van der Waals surface area contributed by atoms with Gasteiger partial charge < -0.3 is 5.11 Å². The molecule has 17 heavy (non-hydrogen) atoms. The molecule has 0 aromatic heterocycles. The van der Waals surface area contributed by atoms with Crippen LogP contribution >= 0.6 is 0 Å². The Bertz CT molecular complexity index is 529. The number of sulfonamides is 1. The summed E-state index contributed by atoms with van der Waals surface area (Å²) < 4.78 is 26.4. The molecule has 6 heteroatoms. The van der Waals surface area contributed by atoms with E-state index in [9.17, 15) is 13.2 Å². The molecule has 1 rings (SSSR count). The van der Waals surface area contributed by atoms with Crippen LogP contribution in [0.2, 0.25) is 0 Å². The van der Waals surface area contributed by atoms with Crippen LogP contribution in [0.25, 0.3) is 0 Å². The SMILES string of the molecule is CC(C)(C)NS(=O)(=O)c1ccccc1C(=O)O. The number of nitrogens with one attached hydrogen (secondary N) is 1. The molecule has 0 radical (unpaired) electrons. The first-order chi connectivity index (χ1) is 7.63. The van der Waals surface area contributed by atoms with Gasteiger partial charge in [0.2, 0.25) is 10.0 Å². The van der Waals surface area contributed by atoms with Gasteiger partial charge in [0, 0.05) is 5.54 Å². The second kappa shape index (κ2) is 4.46. The maximum absolute atomic E-state index is 12.0. The van der Waals surface area contributed by atoms with Crippen molar-refractivity contribution in [1.82, 2.24) is 4.72 Å². The molecule has 0 heterocycles. The third-order valence-corrected chi connectivity index (χ3v) is 3.66. The number of hydrogen-bond donors (Lipinski definition) is 2. The van der Waals surface area contributed by atoms with E-state index in [-0.39, 0.29) is 10.5 Å². The van der Waals surface area contributed by atoms with Crippen molar-refractivity contribution in [2.24, 2.45) is 0 Å². The molecule has 0 saturated heterocycles. The molecule has 0 unspecified atom stereocenters. The van der Waals surface area contributed by atoms with Crippen LogP contribution in [-0.2, 0) is 10.0 Å². The molecule has 0 amide bonds. The molecule has 2 N–H and O–H groups in total. The Kier molecular flexibility index (Phi) is 3.59. The molecule has 0 saturated carbocycles. The van der Waals surface area contributed by atoms with E-state index in [0.717, 1.165) is 0 Å². The van der Waals surface area contributed by atoms with Crippen LogP contribution < -0.4 is 4.72 Å². The lowest BCUT2D eigenvalue weighted by Gasteiger charge is -2.20. The topological polar surface area (TPSA) is 83.5 Å². The van der Waals surface area contributed by atoms with Gasteiger partial charge in [-0.2, -0.15) is 0 Å². The predicted octanol–water partition coefficient (Wildman–Crippen LogP) is 1.46. The molecule has 0 aliphatic carbocycles. The molecule has 1 aromatic rings. The van der Waals surface area contributed by atoms with Crippen molar-refractivity contribution in [3.8, 4) is 0 Å². The van der Waals surface area contributed by atoms with Crippen molar-refractivity contribution in [3.63, 3.8) is 0 Å². The average Bonchev–Trinajstić information content (AvgIpc) is 2.14. The first kappa shape index (κ1) is 13.7. The minimum Gasteiger partial charge on any atom is -0.478 e. The standard InChI is InChI=1S/C11H15NO4S/c1-11(2,3)12-17(15,16)9-7-5-4-6-8(9)10(13)14/h4-7,12H,1-3H3,(H,13,14). The average molecular weight is 257 g/mol. The second-order valence-electron chi connectivity index (χ2n) is 4.66. The van der Waals surface area contributed by atoms with E-state index in [4.69, 9.17) is 5.11 Å². The highest BCUT2D eigenvalue weighted by molar-refractivity contribution is 7.89. The Hall–Kier alpha value is -1.40. The summed E-state index contributed by atoms with van der Waals surface area (Å²) in [6.07, 6.45) is 0. The minimum atomic E-state index is -3.82. The first-order valence-electron chi connectivity index (χ1n) is 5.00. The summed E-state index contributed by atoms with van der Waals surface area (Å²) in [5.41, 5.74) is -0.894. The molecule has 0 aliphatic heterocycles. The molecular weight excluding hydrogens is 242 g/mol. The number of benzene rings is 1. The van der Waals surface area contributed by atoms with Crippen LogP contribution in [0.5, 0.6) is 0 Å². The van der Waals surface area contributed by atoms with E-state index < -0.39 is 21.5 Å². The van der Waals surface area contributed by atoms with Gasteiger partial charge in [-0.3, -0.25) is 0 Å². The van der Waals surface area contributed by atoms with Crippen LogP contribution in [0.4, 0.5) is 0 Å². The summed E-state index contributed by atoms with van der Waals surface area (Å²) in [7, 11) is -3.82. The molecule has 0 bridgehead atoms. The summed E-state index contributed by atoms with van der Waals surface area (Å²) in [6, 6.07) is 5.51. The lowest BCUT2D eigenvalue weighted by Crippen LogP contribution is -2.41. The highest BCUT2D eigenvalue weighted by Crippen LogP contribution is 2.17. The van der Waals surface area contributed by atoms with Gasteiger partial charge in [0.25, 0.3) is 0 Å². The summed E-state index contributed by atoms with van der Waals surface area (Å²) in [5.74, 6) is -1.26. The Morgan fingerprint density at radius 1 is 1.24 bits per heavy atom. The lowest BCUT2D eigenvalue weighted by molar-refractivity contribution is 0.0692. The van der Waals surface area contributed by atoms with Gasteiger partial charge in [0.15, 0.2) is 0 Å². The van der Waals surface area contributed by atoms with Gasteiger partial charge in [0.1, 0.15) is 0 Å². The highest BCUT2D eigenvalue weighted by Gasteiger charge is 2.26. The zero-order valence-corrected chi connectivity index (χ0v) is 10.7. The fraction of sp³-hybridized carbons (Fsp3) is 0.364. The van der Waals surface area contributed by atoms with Gasteiger partial charge in [-0.25, -0.2) is 17.9 Å². The Morgan fingerprint density at radius 3 is 2.24 bits per heavy atom. The summed E-state index contributed by atoms with van der Waals surface area (Å²) in [6.45, 7) is 5.07. The smallest absolute Gasteiger partial charge is 0.337 e. The zero-order chi connectivity index (χ0) is 13.3. The van der Waals surface area contributed by atoms with Gasteiger partial charge >= 0.3 is 5.97 Å². The summed E-state index contributed by atoms with van der Waals surface area (Å²) >= 11 is 0. The van der Waals surface area contributed by atoms with Crippen molar-refractivity contribution in [1.29, 1.82) is 0 Å². The number of rotatable bonds is 3. The molecule has 94 valence electrons. The van der Waals surface area contributed by atoms with E-state index in [1.807, 2.05) is 0 Å². The second-order valence-corrected chi connectivity index (χ2v) is 6.31. The number of aromatic carboxylic acids is 1. The van der Waals surface area contributed by atoms with Crippen molar-refractivity contribution in [2.45, 2.75) is 31.2 Å². The Labute approximate surface area is 101 Å². The van der Waals surface area contributed by atoms with Crippen molar-refractivity contribution < 1.29 is 18.3 Å². The normalized spacial score (nSPS) is 12.4. The molecule has 0 atom stereocenters. The van der Waals surface area contributed by atoms with Crippen molar-refractivity contribution >= 4 is 16.0 Å². The maximum atomic E-state index is 12.0. The van der Waals surface area contributed by atoms with E-state index >= 15 is 0 Å². The van der Waals surface area contributed by atoms with Crippen LogP contribution in [0.3, 0.4) is 0 Å². The molecule has 0 fully saturated rings. The van der Waals surface area contributed by atoms with Gasteiger partial charge in [-0.15, -0.1) is 0 Å². The Morgan fingerprint density at radius 2 is 1.76 bits per heavy atom. The Balaban J connectivity index is 3.30. The fourth-order valence-corrected chi connectivity index (χ4v) is 2.95. The zero-order valence-electron chi connectivity index (χ0n) is 9.89. The maximum Gasteiger partial charge on any atom is 0.337 e. The van der Waals surface area contributed by atoms with Crippen LogP contribution in [0, 0.1) is 0 Å². The van der Waals surface area contributed by atoms with Gasteiger partial charge in [-0.1, -0.05) is 12.1 Å².